The fourth-order valence-corrected chi connectivity index (χ4v) is 9.74. The summed E-state index contributed by atoms with van der Waals surface area (Å²) in [6.45, 7) is 13.9. The third kappa shape index (κ3) is 4.88. The molecule has 6 aromatic rings. The fraction of sp³-hybridized carbons (Fsp3) is 0.280. The van der Waals surface area contributed by atoms with Gasteiger partial charge in [0, 0.05) is 27.8 Å². The number of rotatable bonds is 6. The lowest BCUT2D eigenvalue weighted by molar-refractivity contribution is 0.550. The van der Waals surface area contributed by atoms with E-state index in [0.29, 0.717) is 11.8 Å². The van der Waals surface area contributed by atoms with Crippen molar-refractivity contribution in [2.45, 2.75) is 89.9 Å². The van der Waals surface area contributed by atoms with Crippen LogP contribution in [0.2, 0.25) is 0 Å². The molecule has 0 unspecified atom stereocenters. The summed E-state index contributed by atoms with van der Waals surface area (Å²) in [5, 5.41) is 0. The van der Waals surface area contributed by atoms with Crippen LogP contribution in [0.3, 0.4) is 0 Å². The third-order valence-electron chi connectivity index (χ3n) is 12.6. The van der Waals surface area contributed by atoms with Gasteiger partial charge in [0.05, 0.1) is 5.69 Å². The van der Waals surface area contributed by atoms with Crippen molar-refractivity contribution >= 4 is 17.1 Å². The highest BCUT2D eigenvalue weighted by Gasteiger charge is 2.45. The minimum absolute atomic E-state index is 0.0852. The second kappa shape index (κ2) is 11.8. The van der Waals surface area contributed by atoms with Gasteiger partial charge < -0.3 is 4.90 Å². The molecule has 1 saturated carbocycles. The van der Waals surface area contributed by atoms with Gasteiger partial charge in [0.2, 0.25) is 0 Å². The van der Waals surface area contributed by atoms with E-state index in [1.165, 1.54) is 110 Å². The van der Waals surface area contributed by atoms with Gasteiger partial charge >= 0.3 is 0 Å². The summed E-state index contributed by atoms with van der Waals surface area (Å²) < 4.78 is 0. The predicted octanol–water partition coefficient (Wildman–Crippen LogP) is 14.2. The molecular weight excluding hydrogens is 615 g/mol. The molecule has 3 aliphatic rings. The van der Waals surface area contributed by atoms with Crippen molar-refractivity contribution in [1.29, 1.82) is 0 Å². The molecule has 3 aliphatic carbocycles. The number of hydrogen-bond acceptors (Lipinski definition) is 1. The van der Waals surface area contributed by atoms with Crippen LogP contribution in [0.25, 0.3) is 33.4 Å². The zero-order chi connectivity index (χ0) is 35.1. The number of anilines is 3. The average Bonchev–Trinajstić information content (AvgIpc) is 3.81. The maximum atomic E-state index is 2.57. The Morgan fingerprint density at radius 2 is 1.00 bits per heavy atom. The second-order valence-electron chi connectivity index (χ2n) is 16.5. The van der Waals surface area contributed by atoms with E-state index in [9.17, 15) is 0 Å². The zero-order valence-electron chi connectivity index (χ0n) is 31.1. The van der Waals surface area contributed by atoms with Crippen molar-refractivity contribution in [2.24, 2.45) is 0 Å². The first kappa shape index (κ1) is 32.1. The molecule has 1 heteroatoms. The first-order valence-corrected chi connectivity index (χ1v) is 19.2. The molecule has 9 rings (SSSR count). The molecule has 51 heavy (non-hydrogen) atoms. The highest BCUT2D eigenvalue weighted by molar-refractivity contribution is 5.92. The number of nitrogens with zero attached hydrogens (tertiary/aromatic N) is 1. The lowest BCUT2D eigenvalue weighted by Crippen LogP contribution is -2.21. The van der Waals surface area contributed by atoms with Gasteiger partial charge in [-0.1, -0.05) is 145 Å². The summed E-state index contributed by atoms with van der Waals surface area (Å²) >= 11 is 0. The van der Waals surface area contributed by atoms with Gasteiger partial charge in [0.15, 0.2) is 0 Å². The molecule has 0 aliphatic heterocycles. The quantitative estimate of drug-likeness (QED) is 0.171. The molecule has 0 atom stereocenters. The Kier molecular flexibility index (Phi) is 7.44. The Bertz CT molecular complexity index is 2290. The SMILES string of the molecule is CC(C)c1ccc(-c2cc(C(C)C)ccc2N(c2ccc3c(c2)C(C)(C)c2ccccc2-3)c2ccc3c(c2)C2(CCCC2)c2ccccc2-3)cc1. The summed E-state index contributed by atoms with van der Waals surface area (Å²) in [5.41, 5.74) is 20.4. The van der Waals surface area contributed by atoms with Crippen LogP contribution in [-0.2, 0) is 10.8 Å². The number of hydrogen-bond donors (Lipinski definition) is 0. The third-order valence-corrected chi connectivity index (χ3v) is 12.6. The maximum absolute atomic E-state index is 2.57. The summed E-state index contributed by atoms with van der Waals surface area (Å²) in [6, 6.07) is 49.3. The molecule has 6 aromatic carbocycles. The Morgan fingerprint density at radius 3 is 1.65 bits per heavy atom. The van der Waals surface area contributed by atoms with Gasteiger partial charge in [-0.05, 0) is 122 Å². The molecule has 0 N–H and O–H groups in total. The largest absolute Gasteiger partial charge is 0.310 e. The summed E-state index contributed by atoms with van der Waals surface area (Å²) in [7, 11) is 0. The van der Waals surface area contributed by atoms with Crippen molar-refractivity contribution in [3.63, 3.8) is 0 Å². The molecule has 0 saturated heterocycles. The lowest BCUT2D eigenvalue weighted by atomic mass is 9.76. The van der Waals surface area contributed by atoms with E-state index < -0.39 is 0 Å². The maximum Gasteiger partial charge on any atom is 0.0540 e. The molecule has 0 heterocycles. The Hall–Kier alpha value is -4.88. The molecule has 1 spiro atoms. The van der Waals surface area contributed by atoms with Gasteiger partial charge in [0.1, 0.15) is 0 Å². The van der Waals surface area contributed by atoms with Gasteiger partial charge in [0.25, 0.3) is 0 Å². The van der Waals surface area contributed by atoms with Crippen molar-refractivity contribution in [3.05, 3.63) is 161 Å². The fourth-order valence-electron chi connectivity index (χ4n) is 9.74. The van der Waals surface area contributed by atoms with E-state index in [1.54, 1.807) is 0 Å². The molecule has 254 valence electrons. The van der Waals surface area contributed by atoms with E-state index in [0.717, 1.165) is 0 Å². The van der Waals surface area contributed by atoms with E-state index in [4.69, 9.17) is 0 Å². The van der Waals surface area contributed by atoms with Crippen molar-refractivity contribution in [2.75, 3.05) is 4.90 Å². The normalized spacial score (nSPS) is 16.0. The molecule has 1 nitrogen and oxygen atoms in total. The molecule has 0 amide bonds. The average molecular weight is 664 g/mol. The van der Waals surface area contributed by atoms with E-state index in [1.807, 2.05) is 0 Å². The van der Waals surface area contributed by atoms with Crippen LogP contribution in [0.15, 0.2) is 127 Å². The van der Waals surface area contributed by atoms with Crippen molar-refractivity contribution in [3.8, 4) is 33.4 Å². The minimum atomic E-state index is -0.0852. The Labute approximate surface area is 305 Å². The van der Waals surface area contributed by atoms with Crippen LogP contribution in [0.1, 0.15) is 112 Å². The van der Waals surface area contributed by atoms with Crippen LogP contribution in [0.5, 0.6) is 0 Å². The van der Waals surface area contributed by atoms with Crippen molar-refractivity contribution < 1.29 is 0 Å². The molecule has 0 radical (unpaired) electrons. The van der Waals surface area contributed by atoms with Gasteiger partial charge in [-0.2, -0.15) is 0 Å². The van der Waals surface area contributed by atoms with E-state index in [-0.39, 0.29) is 10.8 Å². The van der Waals surface area contributed by atoms with Gasteiger partial charge in [-0.25, -0.2) is 0 Å². The van der Waals surface area contributed by atoms with E-state index in [2.05, 4.69) is 174 Å². The Balaban J connectivity index is 1.29. The zero-order valence-corrected chi connectivity index (χ0v) is 31.1. The molecule has 0 bridgehead atoms. The summed E-state index contributed by atoms with van der Waals surface area (Å²) in [4.78, 5) is 2.57. The first-order chi connectivity index (χ1) is 24.7. The smallest absolute Gasteiger partial charge is 0.0540 e. The number of fused-ring (bicyclic) bond motifs is 8. The molecule has 1 fully saturated rings. The summed E-state index contributed by atoms with van der Waals surface area (Å²) in [6.07, 6.45) is 5.02. The predicted molar refractivity (Wildman–Crippen MR) is 217 cm³/mol. The highest BCUT2D eigenvalue weighted by Crippen LogP contribution is 2.58. The standard InChI is InChI=1S/C50H49N/c1-32(2)34-17-19-35(20-18-34)43-29-36(33(3)4)21-26-48(43)51(37-22-24-41-39-13-7-9-15-44(39)49(5,6)46(41)30-37)38-23-25-42-40-14-8-10-16-45(40)50(47(42)31-38)27-11-12-28-50/h7-10,13-26,29-33H,11-12,27-28H2,1-6H3. The van der Waals surface area contributed by atoms with Crippen LogP contribution in [0.4, 0.5) is 17.1 Å². The Morgan fingerprint density at radius 1 is 0.471 bits per heavy atom. The molecule has 0 aromatic heterocycles. The lowest BCUT2D eigenvalue weighted by Gasteiger charge is -2.32. The van der Waals surface area contributed by atoms with E-state index >= 15 is 0 Å². The monoisotopic (exact) mass is 663 g/mol. The topological polar surface area (TPSA) is 3.24 Å². The summed E-state index contributed by atoms with van der Waals surface area (Å²) in [5.74, 6) is 0.926. The van der Waals surface area contributed by atoms with Crippen molar-refractivity contribution in [1.82, 2.24) is 0 Å². The van der Waals surface area contributed by atoms with Crippen LogP contribution in [-0.4, -0.2) is 0 Å². The van der Waals surface area contributed by atoms with Crippen LogP contribution in [0, 0.1) is 0 Å². The minimum Gasteiger partial charge on any atom is -0.310 e. The highest BCUT2D eigenvalue weighted by atomic mass is 15.1. The number of benzene rings is 6. The van der Waals surface area contributed by atoms with Gasteiger partial charge in [-0.15, -0.1) is 0 Å². The van der Waals surface area contributed by atoms with Crippen LogP contribution >= 0.6 is 0 Å². The van der Waals surface area contributed by atoms with Crippen LogP contribution < -0.4 is 4.90 Å². The van der Waals surface area contributed by atoms with Gasteiger partial charge in [-0.3, -0.25) is 0 Å². The first-order valence-electron chi connectivity index (χ1n) is 19.2. The second-order valence-corrected chi connectivity index (χ2v) is 16.5. The molecular formula is C50H49N.